The van der Waals surface area contributed by atoms with E-state index in [1.54, 1.807) is 26.2 Å². The van der Waals surface area contributed by atoms with Crippen molar-refractivity contribution in [1.82, 2.24) is 9.47 Å². The maximum Gasteiger partial charge on any atom is 0.419 e. The number of hydrogen-bond acceptors (Lipinski definition) is 4. The number of carbonyl (C=O) groups excluding carboxylic acids is 1. The van der Waals surface area contributed by atoms with Crippen LogP contribution in [0.25, 0.3) is 11.1 Å². The summed E-state index contributed by atoms with van der Waals surface area (Å²) >= 11 is 0. The lowest BCUT2D eigenvalue weighted by molar-refractivity contribution is -0.131. The minimum absolute atomic E-state index is 0.110. The molecule has 0 bridgehead atoms. The van der Waals surface area contributed by atoms with Gasteiger partial charge >= 0.3 is 5.76 Å². The topological polar surface area (TPSA) is 75.7 Å². The predicted octanol–water partition coefficient (Wildman–Crippen LogP) is 0.472. The molecule has 0 aliphatic rings. The zero-order valence-electron chi connectivity index (χ0n) is 10.9. The van der Waals surface area contributed by atoms with E-state index in [1.807, 2.05) is 6.07 Å². The number of carbonyl (C=O) groups is 1. The second-order valence-electron chi connectivity index (χ2n) is 4.45. The number of benzene rings is 1. The Hall–Kier alpha value is -2.08. The molecule has 2 aromatic rings. The van der Waals surface area contributed by atoms with Crippen LogP contribution in [0, 0.1) is 0 Å². The lowest BCUT2D eigenvalue weighted by atomic mass is 10.2. The quantitative estimate of drug-likeness (QED) is 0.871. The summed E-state index contributed by atoms with van der Waals surface area (Å²) in [5.41, 5.74) is 2.10. The van der Waals surface area contributed by atoms with E-state index in [9.17, 15) is 9.59 Å². The average molecular weight is 264 g/mol. The zero-order valence-corrected chi connectivity index (χ0v) is 10.9. The molecule has 0 spiro atoms. The lowest BCUT2D eigenvalue weighted by Crippen LogP contribution is -2.26. The molecule has 6 heteroatoms. The minimum atomic E-state index is -0.406. The molecule has 0 fully saturated rings. The molecule has 0 atom stereocenters. The number of rotatable bonds is 4. The van der Waals surface area contributed by atoms with Crippen LogP contribution < -0.4 is 5.76 Å². The first kappa shape index (κ1) is 13.4. The number of nitrogens with zero attached hydrogens (tertiary/aromatic N) is 2. The van der Waals surface area contributed by atoms with Crippen LogP contribution in [-0.2, 0) is 18.4 Å². The van der Waals surface area contributed by atoms with E-state index < -0.39 is 5.76 Å². The van der Waals surface area contributed by atoms with Gasteiger partial charge in [0.15, 0.2) is 5.58 Å². The number of hydrogen-bond donors (Lipinski definition) is 1. The third kappa shape index (κ3) is 2.68. The maximum atomic E-state index is 11.6. The molecule has 0 aliphatic carbocycles. The van der Waals surface area contributed by atoms with Crippen molar-refractivity contribution in [2.45, 2.75) is 13.0 Å². The van der Waals surface area contributed by atoms with E-state index >= 15 is 0 Å². The Morgan fingerprint density at radius 2 is 2.21 bits per heavy atom. The second kappa shape index (κ2) is 5.27. The largest absolute Gasteiger partial charge is 0.419 e. The first-order valence-electron chi connectivity index (χ1n) is 5.96. The van der Waals surface area contributed by atoms with Gasteiger partial charge in [0.05, 0.1) is 12.1 Å². The summed E-state index contributed by atoms with van der Waals surface area (Å²) in [7, 11) is 3.31. The molecule has 1 heterocycles. The monoisotopic (exact) mass is 264 g/mol. The molecule has 102 valence electrons. The van der Waals surface area contributed by atoms with Crippen molar-refractivity contribution in [2.24, 2.45) is 7.05 Å². The standard InChI is InChI=1S/C13H16N2O4/c1-14(12(17)5-6-16)8-9-3-4-10-11(7-9)19-13(18)15(10)2/h3-4,7,16H,5-6,8H2,1-2H3. The minimum Gasteiger partial charge on any atom is -0.408 e. The van der Waals surface area contributed by atoms with Crippen LogP contribution >= 0.6 is 0 Å². The molecule has 1 aromatic carbocycles. The highest BCUT2D eigenvalue weighted by Gasteiger charge is 2.11. The molecule has 19 heavy (non-hydrogen) atoms. The molecule has 0 radical (unpaired) electrons. The highest BCUT2D eigenvalue weighted by atomic mass is 16.4. The number of fused-ring (bicyclic) bond motifs is 1. The first-order chi connectivity index (χ1) is 9.02. The molecule has 6 nitrogen and oxygen atoms in total. The average Bonchev–Trinajstić information content (AvgIpc) is 2.65. The van der Waals surface area contributed by atoms with Gasteiger partial charge in [-0.15, -0.1) is 0 Å². The number of aliphatic hydroxyl groups is 1. The summed E-state index contributed by atoms with van der Waals surface area (Å²) < 4.78 is 6.52. The molecule has 2 rings (SSSR count). The van der Waals surface area contributed by atoms with Crippen LogP contribution in [0.15, 0.2) is 27.4 Å². The molecule has 0 unspecified atom stereocenters. The summed E-state index contributed by atoms with van der Waals surface area (Å²) in [6.07, 6.45) is 0.110. The number of aryl methyl sites for hydroxylation is 1. The van der Waals surface area contributed by atoms with Gasteiger partial charge in [-0.2, -0.15) is 0 Å². The summed E-state index contributed by atoms with van der Waals surface area (Å²) in [4.78, 5) is 24.5. The van der Waals surface area contributed by atoms with Crippen LogP contribution in [0.3, 0.4) is 0 Å². The van der Waals surface area contributed by atoms with Gasteiger partial charge in [-0.25, -0.2) is 4.79 Å². The van der Waals surface area contributed by atoms with Crippen LogP contribution in [0.4, 0.5) is 0 Å². The highest BCUT2D eigenvalue weighted by molar-refractivity contribution is 5.76. The Balaban J connectivity index is 2.22. The van der Waals surface area contributed by atoms with Gasteiger partial charge in [0.25, 0.3) is 0 Å². The van der Waals surface area contributed by atoms with Crippen LogP contribution in [-0.4, -0.2) is 34.1 Å². The number of aliphatic hydroxyl groups excluding tert-OH is 1. The normalized spacial score (nSPS) is 10.9. The van der Waals surface area contributed by atoms with Crippen molar-refractivity contribution in [3.05, 3.63) is 34.3 Å². The Bertz CT molecular complexity index is 656. The molecule has 0 saturated heterocycles. The van der Waals surface area contributed by atoms with Crippen molar-refractivity contribution >= 4 is 17.0 Å². The second-order valence-corrected chi connectivity index (χ2v) is 4.45. The molecule has 1 aromatic heterocycles. The fraction of sp³-hybridized carbons (Fsp3) is 0.385. The highest BCUT2D eigenvalue weighted by Crippen LogP contribution is 2.15. The van der Waals surface area contributed by atoms with Gasteiger partial charge in [0.1, 0.15) is 0 Å². The third-order valence-electron chi connectivity index (χ3n) is 3.03. The molecular weight excluding hydrogens is 248 g/mol. The van der Waals surface area contributed by atoms with Crippen LogP contribution in [0.2, 0.25) is 0 Å². The number of aromatic nitrogens is 1. The fourth-order valence-electron chi connectivity index (χ4n) is 1.93. The number of oxazole rings is 1. The summed E-state index contributed by atoms with van der Waals surface area (Å²) in [6, 6.07) is 5.39. The van der Waals surface area contributed by atoms with Gasteiger partial charge in [-0.05, 0) is 17.7 Å². The molecule has 1 amide bonds. The molecular formula is C13H16N2O4. The SMILES string of the molecule is CN(Cc1ccc2c(c1)oc(=O)n2C)C(=O)CCO. The lowest BCUT2D eigenvalue weighted by Gasteiger charge is -2.16. The van der Waals surface area contributed by atoms with Crippen molar-refractivity contribution in [3.8, 4) is 0 Å². The van der Waals surface area contributed by atoms with Crippen LogP contribution in [0.5, 0.6) is 0 Å². The van der Waals surface area contributed by atoms with Gasteiger partial charge in [-0.1, -0.05) is 6.07 Å². The van der Waals surface area contributed by atoms with E-state index in [2.05, 4.69) is 0 Å². The van der Waals surface area contributed by atoms with Gasteiger partial charge < -0.3 is 14.4 Å². The third-order valence-corrected chi connectivity index (χ3v) is 3.03. The van der Waals surface area contributed by atoms with E-state index in [0.717, 1.165) is 11.1 Å². The summed E-state index contributed by atoms with van der Waals surface area (Å²) in [6.45, 7) is 0.253. The Morgan fingerprint density at radius 1 is 1.47 bits per heavy atom. The summed E-state index contributed by atoms with van der Waals surface area (Å²) in [5, 5.41) is 8.73. The molecule has 1 N–H and O–H groups in total. The van der Waals surface area contributed by atoms with Gasteiger partial charge in [-0.3, -0.25) is 9.36 Å². The summed E-state index contributed by atoms with van der Waals surface area (Å²) in [5.74, 6) is -0.533. The van der Waals surface area contributed by atoms with Crippen molar-refractivity contribution < 1.29 is 14.3 Å². The van der Waals surface area contributed by atoms with E-state index in [4.69, 9.17) is 9.52 Å². The molecule has 0 saturated carbocycles. The van der Waals surface area contributed by atoms with Gasteiger partial charge in [0.2, 0.25) is 5.91 Å². The first-order valence-corrected chi connectivity index (χ1v) is 5.96. The van der Waals surface area contributed by atoms with E-state index in [-0.39, 0.29) is 18.9 Å². The van der Waals surface area contributed by atoms with E-state index in [0.29, 0.717) is 12.1 Å². The Morgan fingerprint density at radius 3 is 2.89 bits per heavy atom. The van der Waals surface area contributed by atoms with Crippen molar-refractivity contribution in [1.29, 1.82) is 0 Å². The maximum absolute atomic E-state index is 11.6. The molecule has 0 aliphatic heterocycles. The predicted molar refractivity (Wildman–Crippen MR) is 69.6 cm³/mol. The zero-order chi connectivity index (χ0) is 14.0. The smallest absolute Gasteiger partial charge is 0.408 e. The number of amides is 1. The van der Waals surface area contributed by atoms with Gasteiger partial charge in [0, 0.05) is 27.1 Å². The van der Waals surface area contributed by atoms with E-state index in [1.165, 1.54) is 9.47 Å². The van der Waals surface area contributed by atoms with Crippen molar-refractivity contribution in [2.75, 3.05) is 13.7 Å². The Labute approximate surface area is 109 Å². The Kier molecular flexibility index (Phi) is 3.71. The van der Waals surface area contributed by atoms with Crippen LogP contribution in [0.1, 0.15) is 12.0 Å². The fourth-order valence-corrected chi connectivity index (χ4v) is 1.93. The van der Waals surface area contributed by atoms with Crippen molar-refractivity contribution in [3.63, 3.8) is 0 Å².